The third kappa shape index (κ3) is 7.05. The number of hydrazone groups is 1. The molecule has 0 spiro atoms. The van der Waals surface area contributed by atoms with Gasteiger partial charge in [0.15, 0.2) is 11.5 Å². The number of amides is 1. The quantitative estimate of drug-likeness (QED) is 0.311. The second-order valence-corrected chi connectivity index (χ2v) is 9.42. The molecule has 0 atom stereocenters. The number of nitrogens with one attached hydrogen (secondary N) is 1. The highest BCUT2D eigenvalue weighted by Crippen LogP contribution is 2.30. The molecule has 0 radical (unpaired) electrons. The van der Waals surface area contributed by atoms with Crippen molar-refractivity contribution >= 4 is 22.1 Å². The Morgan fingerprint density at radius 2 is 1.74 bits per heavy atom. The predicted octanol–water partition coefficient (Wildman–Crippen LogP) is 2.79. The molecule has 1 amide bonds. The SMILES string of the molecule is COc1ccc(S(=O)(=O)N(CCc2ccccc2)CC(=O)NN=Cc2cccc(O)c2)cc1OC. The van der Waals surface area contributed by atoms with Crippen molar-refractivity contribution in [3.8, 4) is 17.2 Å². The van der Waals surface area contributed by atoms with E-state index in [9.17, 15) is 18.3 Å². The standard InChI is InChI=1S/C25H27N3O6S/c1-33-23-12-11-22(16-24(23)34-2)35(31,32)28(14-13-19-7-4-3-5-8-19)18-25(30)27-26-17-20-9-6-10-21(29)15-20/h3-12,15-17,29H,13-14,18H2,1-2H3,(H,27,30). The van der Waals surface area contributed by atoms with Gasteiger partial charge in [0, 0.05) is 12.6 Å². The van der Waals surface area contributed by atoms with Crippen LogP contribution in [0.2, 0.25) is 0 Å². The molecule has 10 heteroatoms. The molecule has 0 aliphatic carbocycles. The van der Waals surface area contributed by atoms with Crippen LogP contribution in [0.15, 0.2) is 82.8 Å². The molecule has 0 saturated carbocycles. The molecule has 0 fully saturated rings. The highest BCUT2D eigenvalue weighted by molar-refractivity contribution is 7.89. The van der Waals surface area contributed by atoms with Crippen LogP contribution in [0.5, 0.6) is 17.2 Å². The van der Waals surface area contributed by atoms with Crippen LogP contribution in [-0.4, -0.2) is 57.3 Å². The number of phenolic OH excluding ortho intramolecular Hbond substituents is 1. The molecule has 0 aromatic heterocycles. The fourth-order valence-electron chi connectivity index (χ4n) is 3.29. The molecule has 2 N–H and O–H groups in total. The van der Waals surface area contributed by atoms with E-state index in [-0.39, 0.29) is 22.9 Å². The number of benzene rings is 3. The Labute approximate surface area is 204 Å². The van der Waals surface area contributed by atoms with Crippen molar-refractivity contribution in [2.24, 2.45) is 5.10 Å². The Hall–Kier alpha value is -3.89. The maximum Gasteiger partial charge on any atom is 0.255 e. The van der Waals surface area contributed by atoms with Gasteiger partial charge in [0.05, 0.1) is 31.9 Å². The molecule has 0 aliphatic heterocycles. The number of carbonyl (C=O) groups is 1. The zero-order chi connectivity index (χ0) is 25.3. The monoisotopic (exact) mass is 497 g/mol. The highest BCUT2D eigenvalue weighted by Gasteiger charge is 2.27. The van der Waals surface area contributed by atoms with Crippen molar-refractivity contribution in [2.45, 2.75) is 11.3 Å². The van der Waals surface area contributed by atoms with Gasteiger partial charge in [0.2, 0.25) is 10.0 Å². The average molecular weight is 498 g/mol. The summed E-state index contributed by atoms with van der Waals surface area (Å²) in [6.07, 6.45) is 1.77. The first kappa shape index (κ1) is 25.7. The number of sulfonamides is 1. The first-order valence-electron chi connectivity index (χ1n) is 10.7. The number of carbonyl (C=O) groups excluding carboxylic acids is 1. The van der Waals surface area contributed by atoms with Gasteiger partial charge in [-0.15, -0.1) is 0 Å². The normalized spacial score (nSPS) is 11.5. The maximum absolute atomic E-state index is 13.5. The van der Waals surface area contributed by atoms with Crippen molar-refractivity contribution in [1.82, 2.24) is 9.73 Å². The summed E-state index contributed by atoms with van der Waals surface area (Å²) in [7, 11) is -1.18. The molecule has 0 unspecified atom stereocenters. The molecule has 3 rings (SSSR count). The van der Waals surface area contributed by atoms with Gasteiger partial charge in [-0.1, -0.05) is 42.5 Å². The van der Waals surface area contributed by atoms with Crippen molar-refractivity contribution in [3.63, 3.8) is 0 Å². The van der Waals surface area contributed by atoms with Crippen molar-refractivity contribution in [3.05, 3.63) is 83.9 Å². The first-order chi connectivity index (χ1) is 16.8. The van der Waals surface area contributed by atoms with Crippen molar-refractivity contribution < 1.29 is 27.8 Å². The lowest BCUT2D eigenvalue weighted by atomic mass is 10.1. The summed E-state index contributed by atoms with van der Waals surface area (Å²) in [5.41, 5.74) is 3.85. The van der Waals surface area contributed by atoms with Gasteiger partial charge < -0.3 is 14.6 Å². The fourth-order valence-corrected chi connectivity index (χ4v) is 4.70. The van der Waals surface area contributed by atoms with Crippen LogP contribution >= 0.6 is 0 Å². The summed E-state index contributed by atoms with van der Waals surface area (Å²) in [6, 6.07) is 20.0. The van der Waals surface area contributed by atoms with E-state index in [0.717, 1.165) is 9.87 Å². The highest BCUT2D eigenvalue weighted by atomic mass is 32.2. The molecule has 184 valence electrons. The number of rotatable bonds is 11. The lowest BCUT2D eigenvalue weighted by Gasteiger charge is -2.22. The number of phenols is 1. The zero-order valence-electron chi connectivity index (χ0n) is 19.4. The van der Waals surface area contributed by atoms with Gasteiger partial charge in [-0.05, 0) is 41.8 Å². The molecule has 0 aliphatic rings. The van der Waals surface area contributed by atoms with Crippen LogP contribution in [0.4, 0.5) is 0 Å². The van der Waals surface area contributed by atoms with E-state index in [0.29, 0.717) is 17.7 Å². The lowest BCUT2D eigenvalue weighted by Crippen LogP contribution is -2.40. The van der Waals surface area contributed by atoms with Crippen LogP contribution in [0.25, 0.3) is 0 Å². The number of ether oxygens (including phenoxy) is 2. The molecular weight excluding hydrogens is 470 g/mol. The van der Waals surface area contributed by atoms with Crippen molar-refractivity contribution in [2.75, 3.05) is 27.3 Å². The third-order valence-electron chi connectivity index (χ3n) is 5.08. The van der Waals surface area contributed by atoms with Gasteiger partial charge in [-0.3, -0.25) is 4.79 Å². The maximum atomic E-state index is 13.5. The minimum Gasteiger partial charge on any atom is -0.508 e. The number of aromatic hydroxyl groups is 1. The van der Waals surface area contributed by atoms with E-state index in [1.807, 2.05) is 30.3 Å². The number of nitrogens with zero attached hydrogens (tertiary/aromatic N) is 2. The van der Waals surface area contributed by atoms with Crippen LogP contribution in [0.3, 0.4) is 0 Å². The Balaban J connectivity index is 1.80. The summed E-state index contributed by atoms with van der Waals surface area (Å²) in [4.78, 5) is 12.6. The molecule has 35 heavy (non-hydrogen) atoms. The summed E-state index contributed by atoms with van der Waals surface area (Å²) in [5.74, 6) is 0.102. The number of hydrogen-bond donors (Lipinski definition) is 2. The molecule has 0 saturated heterocycles. The lowest BCUT2D eigenvalue weighted by molar-refractivity contribution is -0.121. The zero-order valence-corrected chi connectivity index (χ0v) is 20.2. The number of methoxy groups -OCH3 is 2. The Morgan fingerprint density at radius 3 is 2.43 bits per heavy atom. The summed E-state index contributed by atoms with van der Waals surface area (Å²) >= 11 is 0. The van der Waals surface area contributed by atoms with Gasteiger partial charge in [-0.2, -0.15) is 9.41 Å². The Bertz CT molecular complexity index is 1280. The summed E-state index contributed by atoms with van der Waals surface area (Å²) in [5, 5.41) is 13.4. The molecular formula is C25H27N3O6S. The Kier molecular flexibility index (Phi) is 8.82. The van der Waals surface area contributed by atoms with Gasteiger partial charge >= 0.3 is 0 Å². The smallest absolute Gasteiger partial charge is 0.255 e. The van der Waals surface area contributed by atoms with E-state index >= 15 is 0 Å². The second-order valence-electron chi connectivity index (χ2n) is 7.48. The van der Waals surface area contributed by atoms with Crippen LogP contribution < -0.4 is 14.9 Å². The largest absolute Gasteiger partial charge is 0.508 e. The molecule has 0 bridgehead atoms. The van der Waals surface area contributed by atoms with Gasteiger partial charge in [0.25, 0.3) is 5.91 Å². The topological polar surface area (TPSA) is 118 Å². The second kappa shape index (κ2) is 12.0. The molecule has 3 aromatic rings. The third-order valence-corrected chi connectivity index (χ3v) is 6.92. The van der Waals surface area contributed by atoms with E-state index in [4.69, 9.17) is 9.47 Å². The first-order valence-corrected chi connectivity index (χ1v) is 12.1. The van der Waals surface area contributed by atoms with E-state index in [2.05, 4.69) is 10.5 Å². The minimum atomic E-state index is -4.05. The molecule has 3 aromatic carbocycles. The molecule has 0 heterocycles. The van der Waals surface area contributed by atoms with Crippen LogP contribution in [0, 0.1) is 0 Å². The van der Waals surface area contributed by atoms with Crippen LogP contribution in [-0.2, 0) is 21.2 Å². The summed E-state index contributed by atoms with van der Waals surface area (Å²) in [6.45, 7) is -0.370. The van der Waals surface area contributed by atoms with Crippen molar-refractivity contribution in [1.29, 1.82) is 0 Å². The van der Waals surface area contributed by atoms with E-state index in [1.54, 1.807) is 12.1 Å². The minimum absolute atomic E-state index is 0.0285. The predicted molar refractivity (Wildman–Crippen MR) is 132 cm³/mol. The van der Waals surface area contributed by atoms with Gasteiger partial charge in [0.1, 0.15) is 5.75 Å². The fraction of sp³-hybridized carbons (Fsp3) is 0.200. The Morgan fingerprint density at radius 1 is 1.00 bits per heavy atom. The van der Waals surface area contributed by atoms with E-state index in [1.165, 1.54) is 50.8 Å². The van der Waals surface area contributed by atoms with Crippen LogP contribution in [0.1, 0.15) is 11.1 Å². The number of hydrogen-bond acceptors (Lipinski definition) is 7. The van der Waals surface area contributed by atoms with Gasteiger partial charge in [-0.25, -0.2) is 13.8 Å². The average Bonchev–Trinajstić information content (AvgIpc) is 2.86. The summed E-state index contributed by atoms with van der Waals surface area (Å²) < 4.78 is 38.5. The van der Waals surface area contributed by atoms with E-state index < -0.39 is 22.5 Å². The molecule has 9 nitrogen and oxygen atoms in total.